The fraction of sp³-hybridized carbons (Fsp3) is 0.750. The Kier molecular flexibility index (Phi) is 4.65. The molecule has 1 rings (SSSR count). The van der Waals surface area contributed by atoms with E-state index in [1.165, 1.54) is 6.33 Å². The van der Waals surface area contributed by atoms with Crippen molar-refractivity contribution in [2.45, 2.75) is 47.1 Å². The van der Waals surface area contributed by atoms with Gasteiger partial charge in [-0.3, -0.25) is 4.79 Å². The number of ketones is 1. The van der Waals surface area contributed by atoms with E-state index in [9.17, 15) is 4.79 Å². The molecule has 0 aromatic carbocycles. The zero-order valence-electron chi connectivity index (χ0n) is 10.6. The molecule has 0 unspecified atom stereocenters. The Morgan fingerprint density at radius 1 is 1.31 bits per heavy atom. The average molecular weight is 223 g/mol. The largest absolute Gasteiger partial charge is 0.299 e. The van der Waals surface area contributed by atoms with Gasteiger partial charge in [-0.25, -0.2) is 9.67 Å². The summed E-state index contributed by atoms with van der Waals surface area (Å²) in [7, 11) is 0. The van der Waals surface area contributed by atoms with E-state index in [1.807, 2.05) is 4.68 Å². The van der Waals surface area contributed by atoms with Crippen molar-refractivity contribution in [2.24, 2.45) is 11.8 Å². The van der Waals surface area contributed by atoms with Crippen LogP contribution in [-0.4, -0.2) is 20.5 Å². The predicted octanol–water partition coefficient (Wildman–Crippen LogP) is 2.09. The van der Waals surface area contributed by atoms with Crippen LogP contribution in [0.15, 0.2) is 6.33 Å². The van der Waals surface area contributed by atoms with Crippen molar-refractivity contribution in [3.05, 3.63) is 12.2 Å². The molecule has 0 amide bonds. The van der Waals surface area contributed by atoms with Gasteiger partial charge in [0.05, 0.1) is 6.42 Å². The summed E-state index contributed by atoms with van der Waals surface area (Å²) in [5.74, 6) is 1.96. The Balaban J connectivity index is 2.59. The van der Waals surface area contributed by atoms with Gasteiger partial charge in [0.2, 0.25) is 0 Å². The smallest absolute Gasteiger partial charge is 0.140 e. The van der Waals surface area contributed by atoms with E-state index < -0.39 is 0 Å². The number of hydrogen-bond acceptors (Lipinski definition) is 3. The van der Waals surface area contributed by atoms with Gasteiger partial charge in [-0.15, -0.1) is 0 Å². The first-order valence-corrected chi connectivity index (χ1v) is 5.87. The topological polar surface area (TPSA) is 47.8 Å². The first-order chi connectivity index (χ1) is 7.49. The molecule has 4 nitrogen and oxygen atoms in total. The van der Waals surface area contributed by atoms with Crippen LogP contribution < -0.4 is 0 Å². The number of hydrogen-bond donors (Lipinski definition) is 0. The van der Waals surface area contributed by atoms with Gasteiger partial charge in [-0.05, 0) is 11.8 Å². The zero-order chi connectivity index (χ0) is 12.1. The highest BCUT2D eigenvalue weighted by Crippen LogP contribution is 2.06. The molecule has 0 radical (unpaired) electrons. The summed E-state index contributed by atoms with van der Waals surface area (Å²) in [4.78, 5) is 15.8. The van der Waals surface area contributed by atoms with Crippen LogP contribution in [0.1, 0.15) is 39.9 Å². The Labute approximate surface area is 97.1 Å². The fourth-order valence-corrected chi connectivity index (χ4v) is 1.63. The van der Waals surface area contributed by atoms with Crippen LogP contribution in [-0.2, 0) is 17.8 Å². The van der Waals surface area contributed by atoms with Gasteiger partial charge >= 0.3 is 0 Å². The molecule has 0 aliphatic heterocycles. The highest BCUT2D eigenvalue weighted by atomic mass is 16.1. The first kappa shape index (κ1) is 12.9. The van der Waals surface area contributed by atoms with E-state index in [2.05, 4.69) is 37.8 Å². The van der Waals surface area contributed by atoms with Gasteiger partial charge in [0.1, 0.15) is 17.9 Å². The lowest BCUT2D eigenvalue weighted by molar-refractivity contribution is -0.119. The van der Waals surface area contributed by atoms with Crippen LogP contribution in [0.2, 0.25) is 0 Å². The Morgan fingerprint density at radius 2 is 2.00 bits per heavy atom. The van der Waals surface area contributed by atoms with Gasteiger partial charge in [0, 0.05) is 13.0 Å². The molecule has 0 aliphatic rings. The molecule has 1 aromatic rings. The first-order valence-electron chi connectivity index (χ1n) is 5.87. The van der Waals surface area contributed by atoms with Crippen molar-refractivity contribution in [3.63, 3.8) is 0 Å². The summed E-state index contributed by atoms with van der Waals surface area (Å²) in [6, 6.07) is 0. The molecule has 0 saturated heterocycles. The van der Waals surface area contributed by atoms with Crippen molar-refractivity contribution in [1.82, 2.24) is 14.8 Å². The lowest BCUT2D eigenvalue weighted by Gasteiger charge is -2.08. The standard InChI is InChI=1S/C12H21N3O/c1-9(2)5-11(16)6-12-13-8-14-15(12)7-10(3)4/h8-10H,5-7H2,1-4H3. The lowest BCUT2D eigenvalue weighted by atomic mass is 10.1. The second-order valence-electron chi connectivity index (χ2n) is 5.07. The maximum Gasteiger partial charge on any atom is 0.140 e. The minimum Gasteiger partial charge on any atom is -0.299 e. The van der Waals surface area contributed by atoms with Crippen molar-refractivity contribution in [1.29, 1.82) is 0 Å². The number of aromatic nitrogens is 3. The highest BCUT2D eigenvalue weighted by molar-refractivity contribution is 5.80. The molecule has 0 saturated carbocycles. The second-order valence-corrected chi connectivity index (χ2v) is 5.07. The minimum absolute atomic E-state index is 0.244. The third-order valence-electron chi connectivity index (χ3n) is 2.23. The van der Waals surface area contributed by atoms with Crippen LogP contribution in [0.3, 0.4) is 0 Å². The summed E-state index contributed by atoms with van der Waals surface area (Å²) in [5, 5.41) is 4.14. The third kappa shape index (κ3) is 4.13. The fourth-order valence-electron chi connectivity index (χ4n) is 1.63. The summed E-state index contributed by atoms with van der Waals surface area (Å²) in [5.41, 5.74) is 0. The molecular weight excluding hydrogens is 202 g/mol. The van der Waals surface area contributed by atoms with Crippen LogP contribution in [0, 0.1) is 11.8 Å². The molecule has 90 valence electrons. The summed E-state index contributed by atoms with van der Waals surface area (Å²) in [6.45, 7) is 9.18. The van der Waals surface area contributed by atoms with Crippen molar-refractivity contribution < 1.29 is 4.79 Å². The third-order valence-corrected chi connectivity index (χ3v) is 2.23. The van der Waals surface area contributed by atoms with Gasteiger partial charge in [0.25, 0.3) is 0 Å². The molecule has 16 heavy (non-hydrogen) atoms. The Hall–Kier alpha value is -1.19. The zero-order valence-corrected chi connectivity index (χ0v) is 10.6. The molecule has 0 bridgehead atoms. The summed E-state index contributed by atoms with van der Waals surface area (Å²) < 4.78 is 1.84. The number of nitrogens with zero attached hydrogens (tertiary/aromatic N) is 3. The molecular formula is C12H21N3O. The normalized spacial score (nSPS) is 11.4. The van der Waals surface area contributed by atoms with E-state index >= 15 is 0 Å². The van der Waals surface area contributed by atoms with E-state index in [-0.39, 0.29) is 5.78 Å². The molecule has 0 spiro atoms. The van der Waals surface area contributed by atoms with Crippen molar-refractivity contribution in [3.8, 4) is 0 Å². The number of carbonyl (C=O) groups is 1. The quantitative estimate of drug-likeness (QED) is 0.742. The van der Waals surface area contributed by atoms with E-state index in [1.54, 1.807) is 0 Å². The number of carbonyl (C=O) groups excluding carboxylic acids is 1. The van der Waals surface area contributed by atoms with Gasteiger partial charge in [-0.1, -0.05) is 27.7 Å². The molecule has 1 aromatic heterocycles. The number of rotatable bonds is 6. The second kappa shape index (κ2) is 5.77. The molecule has 0 atom stereocenters. The van der Waals surface area contributed by atoms with Crippen LogP contribution >= 0.6 is 0 Å². The van der Waals surface area contributed by atoms with Crippen LogP contribution in [0.25, 0.3) is 0 Å². The van der Waals surface area contributed by atoms with Gasteiger partial charge in [-0.2, -0.15) is 5.10 Å². The molecule has 0 aliphatic carbocycles. The van der Waals surface area contributed by atoms with Gasteiger partial charge in [0.15, 0.2) is 0 Å². The minimum atomic E-state index is 0.244. The Bertz CT molecular complexity index is 342. The average Bonchev–Trinajstić information content (AvgIpc) is 2.50. The van der Waals surface area contributed by atoms with Crippen molar-refractivity contribution >= 4 is 5.78 Å². The predicted molar refractivity (Wildman–Crippen MR) is 63.0 cm³/mol. The molecule has 1 heterocycles. The summed E-state index contributed by atoms with van der Waals surface area (Å²) in [6.07, 6.45) is 2.56. The molecule has 0 N–H and O–H groups in total. The van der Waals surface area contributed by atoms with Gasteiger partial charge < -0.3 is 0 Å². The monoisotopic (exact) mass is 223 g/mol. The van der Waals surface area contributed by atoms with Crippen molar-refractivity contribution in [2.75, 3.05) is 0 Å². The van der Waals surface area contributed by atoms with E-state index in [0.717, 1.165) is 12.4 Å². The summed E-state index contributed by atoms with van der Waals surface area (Å²) >= 11 is 0. The maximum atomic E-state index is 11.7. The molecule has 4 heteroatoms. The maximum absolute atomic E-state index is 11.7. The van der Waals surface area contributed by atoms with Crippen LogP contribution in [0.5, 0.6) is 0 Å². The Morgan fingerprint density at radius 3 is 2.56 bits per heavy atom. The lowest BCUT2D eigenvalue weighted by Crippen LogP contribution is -2.15. The van der Waals surface area contributed by atoms with E-state index in [4.69, 9.17) is 0 Å². The number of Topliss-reactive ketones (excluding diaryl/α,β-unsaturated/α-hetero) is 1. The van der Waals surface area contributed by atoms with Crippen LogP contribution in [0.4, 0.5) is 0 Å². The highest BCUT2D eigenvalue weighted by Gasteiger charge is 2.12. The SMILES string of the molecule is CC(C)CC(=O)Cc1ncnn1CC(C)C. The van der Waals surface area contributed by atoms with E-state index in [0.29, 0.717) is 24.7 Å². The molecule has 0 fully saturated rings.